The summed E-state index contributed by atoms with van der Waals surface area (Å²) in [5.41, 5.74) is 1.16. The zero-order valence-corrected chi connectivity index (χ0v) is 14.0. The lowest BCUT2D eigenvalue weighted by Gasteiger charge is -2.07. The van der Waals surface area contributed by atoms with Crippen LogP contribution in [0.3, 0.4) is 0 Å². The minimum absolute atomic E-state index is 0.00477. The van der Waals surface area contributed by atoms with Gasteiger partial charge < -0.3 is 19.5 Å². The molecule has 0 radical (unpaired) electrons. The molecule has 0 saturated carbocycles. The van der Waals surface area contributed by atoms with E-state index in [-0.39, 0.29) is 29.6 Å². The van der Waals surface area contributed by atoms with Crippen molar-refractivity contribution in [3.63, 3.8) is 0 Å². The van der Waals surface area contributed by atoms with Gasteiger partial charge in [-0.15, -0.1) is 0 Å². The smallest absolute Gasteiger partial charge is 0.342 e. The fraction of sp³-hybridized carbons (Fsp3) is 0.167. The number of aryl methyl sites for hydroxylation is 2. The van der Waals surface area contributed by atoms with E-state index in [1.807, 2.05) is 0 Å². The van der Waals surface area contributed by atoms with Gasteiger partial charge in [-0.25, -0.2) is 9.18 Å². The van der Waals surface area contributed by atoms with Crippen LogP contribution < -0.4 is 0 Å². The van der Waals surface area contributed by atoms with Crippen LogP contribution in [0.4, 0.5) is 4.39 Å². The third kappa shape index (κ3) is 3.34. The highest BCUT2D eigenvalue weighted by atomic mass is 19.1. The van der Waals surface area contributed by atoms with Gasteiger partial charge in [-0.05, 0) is 37.1 Å². The zero-order valence-electron chi connectivity index (χ0n) is 14.0. The predicted molar refractivity (Wildman–Crippen MR) is 88.1 cm³/mol. The summed E-state index contributed by atoms with van der Waals surface area (Å²) < 4.78 is 23.6. The maximum absolute atomic E-state index is 13.6. The van der Waals surface area contributed by atoms with Crippen molar-refractivity contribution in [2.24, 2.45) is 0 Å². The van der Waals surface area contributed by atoms with Crippen LogP contribution in [-0.2, 0) is 11.3 Å². The van der Waals surface area contributed by atoms with Gasteiger partial charge in [-0.3, -0.25) is 0 Å². The molecule has 0 saturated heterocycles. The molecule has 0 fully saturated rings. The van der Waals surface area contributed by atoms with E-state index < -0.39 is 17.5 Å². The van der Waals surface area contributed by atoms with Gasteiger partial charge in [0.2, 0.25) is 5.82 Å². The van der Waals surface area contributed by atoms with Gasteiger partial charge in [0.05, 0.1) is 0 Å². The first-order valence-corrected chi connectivity index (χ1v) is 7.64. The number of hydrogen-bond acceptors (Lipinski definition) is 7. The van der Waals surface area contributed by atoms with Crippen molar-refractivity contribution in [1.82, 2.24) is 10.1 Å². The number of aromatic hydroxyl groups is 2. The summed E-state index contributed by atoms with van der Waals surface area (Å²) in [4.78, 5) is 16.1. The molecule has 7 nitrogen and oxygen atoms in total. The molecule has 1 aromatic heterocycles. The molecule has 0 aliphatic carbocycles. The Kier molecular flexibility index (Phi) is 4.57. The van der Waals surface area contributed by atoms with E-state index in [1.54, 1.807) is 26.0 Å². The zero-order chi connectivity index (χ0) is 18.8. The number of benzene rings is 2. The normalized spacial score (nSPS) is 10.7. The van der Waals surface area contributed by atoms with Gasteiger partial charge in [0.25, 0.3) is 5.89 Å². The lowest BCUT2D eigenvalue weighted by Crippen LogP contribution is -2.06. The summed E-state index contributed by atoms with van der Waals surface area (Å²) in [5, 5.41) is 23.2. The Labute approximate surface area is 147 Å². The molecule has 2 aromatic carbocycles. The molecule has 0 aliphatic rings. The predicted octanol–water partition coefficient (Wildman–Crippen LogP) is 3.26. The SMILES string of the molecule is Cc1ccc(-c2noc(COC(=O)c3ccc(C)c(O)c3O)n2)cc1F. The standard InChI is InChI=1S/C18H15FN2O5/c1-9-3-5-11(7-13(9)19)17-20-14(26-21-17)8-25-18(24)12-6-4-10(2)15(22)16(12)23/h3-7,22-23H,8H2,1-2H3. The molecule has 0 spiro atoms. The molecule has 26 heavy (non-hydrogen) atoms. The minimum atomic E-state index is -0.862. The second-order valence-electron chi connectivity index (χ2n) is 5.68. The molecule has 0 unspecified atom stereocenters. The molecule has 134 valence electrons. The Balaban J connectivity index is 1.71. The molecule has 1 heterocycles. The molecule has 8 heteroatoms. The Hall–Kier alpha value is -3.42. The molecular formula is C18H15FN2O5. The number of phenols is 2. The van der Waals surface area contributed by atoms with Crippen molar-refractivity contribution in [2.45, 2.75) is 20.5 Å². The maximum atomic E-state index is 13.6. The molecule has 0 amide bonds. The summed E-state index contributed by atoms with van der Waals surface area (Å²) in [5.74, 6) is -2.04. The maximum Gasteiger partial charge on any atom is 0.342 e. The number of carbonyl (C=O) groups is 1. The first-order chi connectivity index (χ1) is 12.4. The van der Waals surface area contributed by atoms with E-state index in [0.29, 0.717) is 16.7 Å². The summed E-state index contributed by atoms with van der Waals surface area (Å²) in [6, 6.07) is 7.33. The highest BCUT2D eigenvalue weighted by Crippen LogP contribution is 2.32. The van der Waals surface area contributed by atoms with E-state index in [4.69, 9.17) is 9.26 Å². The van der Waals surface area contributed by atoms with E-state index in [2.05, 4.69) is 10.1 Å². The lowest BCUT2D eigenvalue weighted by atomic mass is 10.1. The fourth-order valence-corrected chi connectivity index (χ4v) is 2.21. The van der Waals surface area contributed by atoms with Crippen molar-refractivity contribution < 1.29 is 28.7 Å². The van der Waals surface area contributed by atoms with Crippen molar-refractivity contribution in [1.29, 1.82) is 0 Å². The summed E-state index contributed by atoms with van der Waals surface area (Å²) >= 11 is 0. The van der Waals surface area contributed by atoms with Crippen LogP contribution in [0.25, 0.3) is 11.4 Å². The highest BCUT2D eigenvalue weighted by molar-refractivity contribution is 5.93. The number of ether oxygens (including phenoxy) is 1. The molecule has 3 rings (SSSR count). The van der Waals surface area contributed by atoms with E-state index >= 15 is 0 Å². The van der Waals surface area contributed by atoms with Crippen LogP contribution in [0.15, 0.2) is 34.9 Å². The first-order valence-electron chi connectivity index (χ1n) is 7.64. The number of nitrogens with zero attached hydrogens (tertiary/aromatic N) is 2. The Morgan fingerprint density at radius 3 is 2.62 bits per heavy atom. The third-order valence-electron chi connectivity index (χ3n) is 3.80. The second-order valence-corrected chi connectivity index (χ2v) is 5.68. The molecular weight excluding hydrogens is 343 g/mol. The number of aromatic nitrogens is 2. The third-order valence-corrected chi connectivity index (χ3v) is 3.80. The quantitative estimate of drug-likeness (QED) is 0.545. The van der Waals surface area contributed by atoms with Gasteiger partial charge in [-0.2, -0.15) is 4.98 Å². The van der Waals surface area contributed by atoms with Crippen molar-refractivity contribution >= 4 is 5.97 Å². The van der Waals surface area contributed by atoms with Gasteiger partial charge in [0.15, 0.2) is 18.1 Å². The van der Waals surface area contributed by atoms with Crippen molar-refractivity contribution in [3.8, 4) is 22.9 Å². The van der Waals surface area contributed by atoms with Gasteiger partial charge in [-0.1, -0.05) is 23.4 Å². The summed E-state index contributed by atoms with van der Waals surface area (Å²) in [6.07, 6.45) is 0. The van der Waals surface area contributed by atoms with Crippen LogP contribution in [0, 0.1) is 19.7 Å². The van der Waals surface area contributed by atoms with E-state index in [1.165, 1.54) is 18.2 Å². The average Bonchev–Trinajstić information content (AvgIpc) is 3.09. The number of carbonyl (C=O) groups excluding carboxylic acids is 1. The van der Waals surface area contributed by atoms with Crippen molar-refractivity contribution in [3.05, 3.63) is 58.7 Å². The van der Waals surface area contributed by atoms with Gasteiger partial charge >= 0.3 is 5.97 Å². The number of halogens is 1. The van der Waals surface area contributed by atoms with Crippen LogP contribution in [0.2, 0.25) is 0 Å². The molecule has 2 N–H and O–H groups in total. The molecule has 3 aromatic rings. The molecule has 0 atom stereocenters. The van der Waals surface area contributed by atoms with Crippen LogP contribution in [0.1, 0.15) is 27.4 Å². The van der Waals surface area contributed by atoms with E-state index in [9.17, 15) is 19.4 Å². The number of rotatable bonds is 4. The minimum Gasteiger partial charge on any atom is -0.504 e. The number of hydrogen-bond donors (Lipinski definition) is 2. The number of esters is 1. The average molecular weight is 358 g/mol. The fourth-order valence-electron chi connectivity index (χ4n) is 2.21. The first kappa shape index (κ1) is 17.4. The molecule has 0 aliphatic heterocycles. The van der Waals surface area contributed by atoms with Crippen molar-refractivity contribution in [2.75, 3.05) is 0 Å². The summed E-state index contributed by atoms with van der Waals surface area (Å²) in [6.45, 7) is 2.88. The number of phenolic OH excluding ortho intramolecular Hbond substituents is 2. The molecule has 0 bridgehead atoms. The lowest BCUT2D eigenvalue weighted by molar-refractivity contribution is 0.0426. The van der Waals surface area contributed by atoms with Gasteiger partial charge in [0.1, 0.15) is 11.4 Å². The highest BCUT2D eigenvalue weighted by Gasteiger charge is 2.19. The monoisotopic (exact) mass is 358 g/mol. The Morgan fingerprint density at radius 1 is 1.15 bits per heavy atom. The van der Waals surface area contributed by atoms with Crippen LogP contribution in [-0.4, -0.2) is 26.3 Å². The van der Waals surface area contributed by atoms with E-state index in [0.717, 1.165) is 0 Å². The topological polar surface area (TPSA) is 106 Å². The van der Waals surface area contributed by atoms with Crippen LogP contribution in [0.5, 0.6) is 11.5 Å². The largest absolute Gasteiger partial charge is 0.504 e. The Morgan fingerprint density at radius 2 is 1.88 bits per heavy atom. The summed E-state index contributed by atoms with van der Waals surface area (Å²) in [7, 11) is 0. The van der Waals surface area contributed by atoms with Gasteiger partial charge in [0, 0.05) is 5.56 Å². The second kappa shape index (κ2) is 6.83. The van der Waals surface area contributed by atoms with Crippen LogP contribution >= 0.6 is 0 Å². The Bertz CT molecular complexity index is 984.